The summed E-state index contributed by atoms with van der Waals surface area (Å²) in [6, 6.07) is 20.4. The predicted molar refractivity (Wildman–Crippen MR) is 156 cm³/mol. The van der Waals surface area contributed by atoms with E-state index in [0.29, 0.717) is 12.1 Å². The Balaban J connectivity index is 2.09. The maximum absolute atomic E-state index is 14.1. The minimum Gasteiger partial charge on any atom is -0.352 e. The molecule has 0 aliphatic heterocycles. The van der Waals surface area contributed by atoms with Gasteiger partial charge in [0.1, 0.15) is 12.6 Å². The van der Waals surface area contributed by atoms with Crippen molar-refractivity contribution in [2.45, 2.75) is 71.5 Å². The number of benzene rings is 3. The van der Waals surface area contributed by atoms with Crippen LogP contribution in [-0.2, 0) is 26.2 Å². The van der Waals surface area contributed by atoms with E-state index in [2.05, 4.69) is 5.32 Å². The van der Waals surface area contributed by atoms with Gasteiger partial charge in [-0.2, -0.15) is 0 Å². The van der Waals surface area contributed by atoms with Gasteiger partial charge in [-0.1, -0.05) is 61.0 Å². The minimum atomic E-state index is -4.08. The molecular weight excluding hydrogens is 510 g/mol. The normalized spacial score (nSPS) is 12.2. The van der Waals surface area contributed by atoms with Crippen molar-refractivity contribution >= 4 is 27.5 Å². The van der Waals surface area contributed by atoms with Crippen LogP contribution in [0.2, 0.25) is 0 Å². The predicted octanol–water partition coefficient (Wildman–Crippen LogP) is 5.14. The fourth-order valence-electron chi connectivity index (χ4n) is 4.65. The first-order chi connectivity index (χ1) is 18.4. The molecule has 3 aromatic rings. The van der Waals surface area contributed by atoms with Crippen molar-refractivity contribution < 1.29 is 18.0 Å². The molecule has 2 amide bonds. The van der Waals surface area contributed by atoms with Crippen LogP contribution in [0, 0.1) is 20.8 Å². The van der Waals surface area contributed by atoms with Gasteiger partial charge in [-0.25, -0.2) is 8.42 Å². The number of carbonyl (C=O) groups excluding carboxylic acids is 2. The van der Waals surface area contributed by atoms with Gasteiger partial charge in [0.2, 0.25) is 11.8 Å². The smallest absolute Gasteiger partial charge is 0.264 e. The van der Waals surface area contributed by atoms with Crippen LogP contribution in [0.25, 0.3) is 0 Å². The highest BCUT2D eigenvalue weighted by Gasteiger charge is 2.34. The van der Waals surface area contributed by atoms with E-state index in [1.54, 1.807) is 30.3 Å². The summed E-state index contributed by atoms with van der Waals surface area (Å²) in [6.45, 7) is 11.1. The fraction of sp³-hybridized carbons (Fsp3) is 0.355. The third-order valence-electron chi connectivity index (χ3n) is 6.36. The van der Waals surface area contributed by atoms with Crippen LogP contribution in [0.1, 0.15) is 49.4 Å². The zero-order valence-corrected chi connectivity index (χ0v) is 24.5. The second-order valence-electron chi connectivity index (χ2n) is 10.3. The molecule has 0 aromatic heterocycles. The lowest BCUT2D eigenvalue weighted by molar-refractivity contribution is -0.140. The quantitative estimate of drug-likeness (QED) is 0.359. The Kier molecular flexibility index (Phi) is 9.92. The number of hydrogen-bond donors (Lipinski definition) is 1. The van der Waals surface area contributed by atoms with E-state index in [-0.39, 0.29) is 23.4 Å². The molecule has 0 heterocycles. The number of sulfonamides is 1. The zero-order valence-electron chi connectivity index (χ0n) is 23.6. The van der Waals surface area contributed by atoms with E-state index in [0.717, 1.165) is 26.6 Å². The number of nitrogens with one attached hydrogen (secondary N) is 1. The molecule has 0 aliphatic carbocycles. The molecule has 39 heavy (non-hydrogen) atoms. The molecule has 0 bridgehead atoms. The Labute approximate surface area is 232 Å². The molecule has 0 spiro atoms. The number of amides is 2. The van der Waals surface area contributed by atoms with Crippen LogP contribution in [0.15, 0.2) is 77.7 Å². The topological polar surface area (TPSA) is 86.8 Å². The summed E-state index contributed by atoms with van der Waals surface area (Å²) < 4.78 is 29.0. The molecule has 0 aliphatic rings. The highest BCUT2D eigenvalue weighted by Crippen LogP contribution is 2.27. The Morgan fingerprint density at radius 2 is 1.49 bits per heavy atom. The fourth-order valence-corrected chi connectivity index (χ4v) is 6.07. The van der Waals surface area contributed by atoms with Crippen LogP contribution < -0.4 is 9.62 Å². The number of anilines is 1. The van der Waals surface area contributed by atoms with Crippen molar-refractivity contribution in [1.82, 2.24) is 10.2 Å². The van der Waals surface area contributed by atoms with Gasteiger partial charge in [-0.15, -0.1) is 0 Å². The zero-order chi connectivity index (χ0) is 28.7. The Hall–Kier alpha value is -3.65. The summed E-state index contributed by atoms with van der Waals surface area (Å²) in [7, 11) is -4.08. The van der Waals surface area contributed by atoms with Gasteiger partial charge in [0.05, 0.1) is 10.6 Å². The lowest BCUT2D eigenvalue weighted by Gasteiger charge is -2.33. The lowest BCUT2D eigenvalue weighted by atomic mass is 10.1. The number of aryl methyl sites for hydroxylation is 3. The Bertz CT molecular complexity index is 1380. The van der Waals surface area contributed by atoms with Crippen molar-refractivity contribution in [3.05, 3.63) is 95.1 Å². The van der Waals surface area contributed by atoms with Crippen molar-refractivity contribution in [3.63, 3.8) is 0 Å². The van der Waals surface area contributed by atoms with Gasteiger partial charge in [0.15, 0.2) is 0 Å². The van der Waals surface area contributed by atoms with Gasteiger partial charge in [0, 0.05) is 12.6 Å². The summed E-state index contributed by atoms with van der Waals surface area (Å²) in [5.74, 6) is -0.724. The van der Waals surface area contributed by atoms with Crippen molar-refractivity contribution in [2.75, 3.05) is 10.8 Å². The van der Waals surface area contributed by atoms with E-state index in [9.17, 15) is 18.0 Å². The Morgan fingerprint density at radius 3 is 2.05 bits per heavy atom. The van der Waals surface area contributed by atoms with Crippen molar-refractivity contribution in [1.29, 1.82) is 0 Å². The summed E-state index contributed by atoms with van der Waals surface area (Å²) in [6.07, 6.45) is 0.380. The lowest BCUT2D eigenvalue weighted by Crippen LogP contribution is -2.53. The van der Waals surface area contributed by atoms with E-state index < -0.39 is 28.5 Å². The van der Waals surface area contributed by atoms with Crippen molar-refractivity contribution in [2.24, 2.45) is 0 Å². The van der Waals surface area contributed by atoms with Crippen LogP contribution in [-0.4, -0.2) is 43.8 Å². The summed E-state index contributed by atoms with van der Waals surface area (Å²) >= 11 is 0. The van der Waals surface area contributed by atoms with Gasteiger partial charge in [0.25, 0.3) is 10.0 Å². The summed E-state index contributed by atoms with van der Waals surface area (Å²) in [4.78, 5) is 28.9. The third kappa shape index (κ3) is 7.69. The van der Waals surface area contributed by atoms with E-state index in [1.807, 2.05) is 71.9 Å². The molecule has 1 N–H and O–H groups in total. The molecule has 0 unspecified atom stereocenters. The van der Waals surface area contributed by atoms with Gasteiger partial charge >= 0.3 is 0 Å². The van der Waals surface area contributed by atoms with E-state index in [1.165, 1.54) is 17.0 Å². The number of nitrogens with zero attached hydrogens (tertiary/aromatic N) is 2. The highest BCUT2D eigenvalue weighted by atomic mass is 32.2. The first-order valence-electron chi connectivity index (χ1n) is 13.2. The average molecular weight is 550 g/mol. The van der Waals surface area contributed by atoms with Gasteiger partial charge in [-0.3, -0.25) is 13.9 Å². The van der Waals surface area contributed by atoms with Crippen molar-refractivity contribution in [3.8, 4) is 0 Å². The average Bonchev–Trinajstić information content (AvgIpc) is 2.86. The van der Waals surface area contributed by atoms with E-state index >= 15 is 0 Å². The molecule has 7 nitrogen and oxygen atoms in total. The Morgan fingerprint density at radius 1 is 0.846 bits per heavy atom. The maximum Gasteiger partial charge on any atom is 0.264 e. The molecule has 0 saturated heterocycles. The van der Waals surface area contributed by atoms with Crippen LogP contribution >= 0.6 is 0 Å². The molecule has 0 fully saturated rings. The van der Waals surface area contributed by atoms with Crippen LogP contribution in [0.3, 0.4) is 0 Å². The number of hydrogen-bond acceptors (Lipinski definition) is 4. The molecule has 3 aromatic carbocycles. The number of carbonyl (C=O) groups is 2. The molecule has 0 saturated carbocycles. The highest BCUT2D eigenvalue weighted by molar-refractivity contribution is 7.92. The van der Waals surface area contributed by atoms with E-state index in [4.69, 9.17) is 0 Å². The molecule has 3 rings (SSSR count). The maximum atomic E-state index is 14.1. The molecule has 8 heteroatoms. The third-order valence-corrected chi connectivity index (χ3v) is 8.14. The second kappa shape index (κ2) is 12.9. The minimum absolute atomic E-state index is 0.0896. The molecular formula is C31H39N3O4S. The largest absolute Gasteiger partial charge is 0.352 e. The monoisotopic (exact) mass is 549 g/mol. The second-order valence-corrected chi connectivity index (χ2v) is 12.1. The van der Waals surface area contributed by atoms with Gasteiger partial charge < -0.3 is 10.2 Å². The first kappa shape index (κ1) is 29.9. The SMILES string of the molecule is CC[C@H](C(=O)NC(C)C)N(Cc1cccc(C)c1)C(=O)CN(c1cc(C)cc(C)c1)S(=O)(=O)c1ccccc1. The number of rotatable bonds is 11. The molecule has 1 atom stereocenters. The van der Waals surface area contributed by atoms with Crippen LogP contribution in [0.4, 0.5) is 5.69 Å². The van der Waals surface area contributed by atoms with Crippen LogP contribution in [0.5, 0.6) is 0 Å². The standard InChI is InChI=1S/C31H39N3O4S/c1-7-29(31(36)32-22(2)3)33(20-26-13-11-12-23(4)17-26)30(35)21-34(27-18-24(5)16-25(6)19-27)39(37,38)28-14-9-8-10-15-28/h8-19,22,29H,7,20-21H2,1-6H3,(H,32,36)/t29-/m1/s1. The summed E-state index contributed by atoms with van der Waals surface area (Å²) in [5.41, 5.74) is 4.06. The first-order valence-corrected chi connectivity index (χ1v) is 14.7. The summed E-state index contributed by atoms with van der Waals surface area (Å²) in [5, 5.41) is 2.92. The molecule has 208 valence electrons. The molecule has 0 radical (unpaired) electrons. The van der Waals surface area contributed by atoms with Gasteiger partial charge in [-0.05, 0) is 82.0 Å².